The Balaban J connectivity index is 1.04. The molecular formula is C51H33N5. The van der Waals surface area contributed by atoms with Crippen LogP contribution in [0.3, 0.4) is 0 Å². The van der Waals surface area contributed by atoms with E-state index in [9.17, 15) is 0 Å². The van der Waals surface area contributed by atoms with Gasteiger partial charge < -0.3 is 4.57 Å². The highest BCUT2D eigenvalue weighted by Crippen LogP contribution is 2.38. The van der Waals surface area contributed by atoms with E-state index in [-0.39, 0.29) is 0 Å². The van der Waals surface area contributed by atoms with Crippen molar-refractivity contribution < 1.29 is 0 Å². The summed E-state index contributed by atoms with van der Waals surface area (Å²) in [5.41, 5.74) is 13.7. The lowest BCUT2D eigenvalue weighted by Gasteiger charge is -2.12. The van der Waals surface area contributed by atoms with E-state index < -0.39 is 0 Å². The standard InChI is InChI=1S/C51H33N5/c1-4-13-34(14-5-1)45-33-46(35-15-6-2-7-16-35)54-50(53-45)36-22-26-40(27-23-36)55-47-21-11-10-19-41(47)42-28-24-37(31-48(42)55)38-25-29-43-44-20-12-30-52-51(44)56(49(43)32-38)39-17-8-3-9-18-39/h1-33H. The van der Waals surface area contributed by atoms with Crippen molar-refractivity contribution in [3.8, 4) is 56.4 Å². The Morgan fingerprint density at radius 2 is 0.821 bits per heavy atom. The molecule has 0 atom stereocenters. The molecule has 11 aromatic rings. The van der Waals surface area contributed by atoms with Gasteiger partial charge in [0, 0.05) is 55.8 Å². The van der Waals surface area contributed by atoms with Crippen LogP contribution >= 0.6 is 0 Å². The Labute approximate surface area is 323 Å². The Bertz CT molecular complexity index is 3160. The van der Waals surface area contributed by atoms with Gasteiger partial charge in [-0.15, -0.1) is 0 Å². The Morgan fingerprint density at radius 1 is 0.321 bits per heavy atom. The summed E-state index contributed by atoms with van der Waals surface area (Å²) in [6.07, 6.45) is 1.87. The van der Waals surface area contributed by atoms with Gasteiger partial charge in [0.05, 0.1) is 27.9 Å². The summed E-state index contributed by atoms with van der Waals surface area (Å²) in [7, 11) is 0. The number of rotatable bonds is 6. The number of para-hydroxylation sites is 2. The number of fused-ring (bicyclic) bond motifs is 6. The topological polar surface area (TPSA) is 48.5 Å². The Morgan fingerprint density at radius 3 is 1.48 bits per heavy atom. The lowest BCUT2D eigenvalue weighted by Crippen LogP contribution is -1.97. The molecule has 0 saturated carbocycles. The number of hydrogen-bond acceptors (Lipinski definition) is 3. The molecule has 0 aliphatic heterocycles. The van der Waals surface area contributed by atoms with Crippen LogP contribution in [0.2, 0.25) is 0 Å². The molecule has 0 amide bonds. The van der Waals surface area contributed by atoms with Gasteiger partial charge in [-0.1, -0.05) is 121 Å². The molecule has 0 aliphatic carbocycles. The lowest BCUT2D eigenvalue weighted by atomic mass is 10.0. The second-order valence-electron chi connectivity index (χ2n) is 14.1. The normalized spacial score (nSPS) is 11.6. The third-order valence-corrected chi connectivity index (χ3v) is 10.8. The maximum Gasteiger partial charge on any atom is 0.160 e. The van der Waals surface area contributed by atoms with Crippen LogP contribution < -0.4 is 0 Å². The third-order valence-electron chi connectivity index (χ3n) is 10.8. The second-order valence-corrected chi connectivity index (χ2v) is 14.1. The van der Waals surface area contributed by atoms with Gasteiger partial charge in [-0.2, -0.15) is 0 Å². The molecule has 5 nitrogen and oxygen atoms in total. The second kappa shape index (κ2) is 13.0. The summed E-state index contributed by atoms with van der Waals surface area (Å²) in [6.45, 7) is 0. The van der Waals surface area contributed by atoms with E-state index in [1.807, 2.05) is 48.7 Å². The van der Waals surface area contributed by atoms with Gasteiger partial charge in [-0.3, -0.25) is 4.57 Å². The van der Waals surface area contributed by atoms with Crippen LogP contribution in [0.1, 0.15) is 0 Å². The van der Waals surface area contributed by atoms with Gasteiger partial charge >= 0.3 is 0 Å². The lowest BCUT2D eigenvalue weighted by molar-refractivity contribution is 1.14. The summed E-state index contributed by atoms with van der Waals surface area (Å²) in [5.74, 6) is 0.694. The van der Waals surface area contributed by atoms with Crippen molar-refractivity contribution in [2.24, 2.45) is 0 Å². The number of pyridine rings is 1. The van der Waals surface area contributed by atoms with Crippen molar-refractivity contribution in [1.82, 2.24) is 24.1 Å². The van der Waals surface area contributed by atoms with E-state index in [2.05, 4.69) is 161 Å². The van der Waals surface area contributed by atoms with Gasteiger partial charge in [0.25, 0.3) is 0 Å². The zero-order valence-corrected chi connectivity index (χ0v) is 30.3. The van der Waals surface area contributed by atoms with Crippen LogP contribution in [0.25, 0.3) is 100 Å². The highest BCUT2D eigenvalue weighted by Gasteiger charge is 2.17. The minimum Gasteiger partial charge on any atom is -0.309 e. The van der Waals surface area contributed by atoms with Crippen molar-refractivity contribution >= 4 is 43.7 Å². The zero-order chi connectivity index (χ0) is 37.0. The maximum absolute atomic E-state index is 5.07. The molecule has 0 unspecified atom stereocenters. The first kappa shape index (κ1) is 31.9. The number of hydrogen-bond donors (Lipinski definition) is 0. The summed E-state index contributed by atoms with van der Waals surface area (Å²) >= 11 is 0. The molecule has 0 N–H and O–H groups in total. The average molecular weight is 716 g/mol. The van der Waals surface area contributed by atoms with Crippen LogP contribution in [0.4, 0.5) is 0 Å². The summed E-state index contributed by atoms with van der Waals surface area (Å²) in [6, 6.07) is 68.3. The largest absolute Gasteiger partial charge is 0.309 e. The maximum atomic E-state index is 5.07. The number of nitrogens with zero attached hydrogens (tertiary/aromatic N) is 5. The van der Waals surface area contributed by atoms with E-state index in [0.717, 1.165) is 78.2 Å². The smallest absolute Gasteiger partial charge is 0.160 e. The van der Waals surface area contributed by atoms with E-state index in [4.69, 9.17) is 15.0 Å². The fraction of sp³-hybridized carbons (Fsp3) is 0. The average Bonchev–Trinajstić information content (AvgIpc) is 3.79. The molecule has 4 heterocycles. The highest BCUT2D eigenvalue weighted by molar-refractivity contribution is 6.11. The molecule has 0 saturated heterocycles. The molecule has 0 radical (unpaired) electrons. The predicted octanol–water partition coefficient (Wildman–Crippen LogP) is 12.7. The van der Waals surface area contributed by atoms with Crippen LogP contribution in [0.5, 0.6) is 0 Å². The van der Waals surface area contributed by atoms with Gasteiger partial charge in [-0.25, -0.2) is 15.0 Å². The fourth-order valence-corrected chi connectivity index (χ4v) is 8.14. The summed E-state index contributed by atoms with van der Waals surface area (Å²) in [5, 5.41) is 4.76. The van der Waals surface area contributed by atoms with E-state index in [0.29, 0.717) is 5.82 Å². The van der Waals surface area contributed by atoms with Crippen molar-refractivity contribution in [3.63, 3.8) is 0 Å². The molecule has 0 bridgehead atoms. The van der Waals surface area contributed by atoms with Crippen LogP contribution in [0.15, 0.2) is 200 Å². The monoisotopic (exact) mass is 715 g/mol. The molecule has 0 aliphatic rings. The molecule has 4 aromatic heterocycles. The van der Waals surface area contributed by atoms with E-state index in [1.165, 1.54) is 16.2 Å². The first-order valence-electron chi connectivity index (χ1n) is 18.9. The Kier molecular flexibility index (Phi) is 7.42. The SMILES string of the molecule is c1ccc(-c2cc(-c3ccccc3)nc(-c3ccc(-n4c5ccccc5c5ccc(-c6ccc7c8cccnc8n(-c8ccccc8)c7c6)cc54)cc3)n2)cc1. The van der Waals surface area contributed by atoms with Crippen LogP contribution in [-0.4, -0.2) is 24.1 Å². The van der Waals surface area contributed by atoms with Crippen molar-refractivity contribution in [1.29, 1.82) is 0 Å². The quantitative estimate of drug-likeness (QED) is 0.172. The first-order chi connectivity index (χ1) is 27.8. The molecule has 262 valence electrons. The summed E-state index contributed by atoms with van der Waals surface area (Å²) in [4.78, 5) is 15.0. The summed E-state index contributed by atoms with van der Waals surface area (Å²) < 4.78 is 4.64. The van der Waals surface area contributed by atoms with Crippen LogP contribution in [-0.2, 0) is 0 Å². The number of benzene rings is 7. The van der Waals surface area contributed by atoms with E-state index >= 15 is 0 Å². The number of aromatic nitrogens is 5. The molecule has 0 spiro atoms. The minimum absolute atomic E-state index is 0.694. The molecule has 7 aromatic carbocycles. The van der Waals surface area contributed by atoms with Crippen LogP contribution in [0, 0.1) is 0 Å². The van der Waals surface area contributed by atoms with Gasteiger partial charge in [0.15, 0.2) is 5.82 Å². The fourth-order valence-electron chi connectivity index (χ4n) is 8.14. The van der Waals surface area contributed by atoms with Gasteiger partial charge in [0.1, 0.15) is 5.65 Å². The van der Waals surface area contributed by atoms with Gasteiger partial charge in [-0.05, 0) is 83.9 Å². The van der Waals surface area contributed by atoms with Gasteiger partial charge in [0.2, 0.25) is 0 Å². The van der Waals surface area contributed by atoms with E-state index in [1.54, 1.807) is 0 Å². The minimum atomic E-state index is 0.694. The molecule has 11 rings (SSSR count). The van der Waals surface area contributed by atoms with Crippen molar-refractivity contribution in [2.75, 3.05) is 0 Å². The van der Waals surface area contributed by atoms with Crippen molar-refractivity contribution in [3.05, 3.63) is 200 Å². The molecule has 5 heteroatoms. The molecular weight excluding hydrogens is 683 g/mol. The first-order valence-corrected chi connectivity index (χ1v) is 18.9. The Hall–Kier alpha value is -7.63. The predicted molar refractivity (Wildman–Crippen MR) is 230 cm³/mol. The third kappa shape index (κ3) is 5.29. The molecule has 56 heavy (non-hydrogen) atoms. The molecule has 0 fully saturated rings. The highest BCUT2D eigenvalue weighted by atomic mass is 15.0. The van der Waals surface area contributed by atoms with Crippen molar-refractivity contribution in [2.45, 2.75) is 0 Å². The zero-order valence-electron chi connectivity index (χ0n) is 30.3.